The number of carbonyl (C=O) groups is 1. The van der Waals surface area contributed by atoms with Crippen LogP contribution in [-0.4, -0.2) is 51.4 Å². The van der Waals surface area contributed by atoms with E-state index in [0.717, 1.165) is 0 Å². The molecule has 14 heteroatoms. The molecular formula is C19H18F3N7O3S. The average molecular weight is 481 g/mol. The summed E-state index contributed by atoms with van der Waals surface area (Å²) >= 11 is 0. The summed E-state index contributed by atoms with van der Waals surface area (Å²) in [6.45, 7) is 0.421. The number of aromatic amines is 1. The van der Waals surface area contributed by atoms with Crippen LogP contribution in [-0.2, 0) is 23.1 Å². The monoisotopic (exact) mass is 481 g/mol. The number of hydrogen-bond donors (Lipinski definition) is 2. The number of H-pyrrole nitrogens is 1. The van der Waals surface area contributed by atoms with Crippen LogP contribution >= 0.6 is 0 Å². The maximum absolute atomic E-state index is 13.6. The van der Waals surface area contributed by atoms with Gasteiger partial charge in [-0.15, -0.1) is 0 Å². The van der Waals surface area contributed by atoms with Crippen LogP contribution in [0.25, 0.3) is 0 Å². The van der Waals surface area contributed by atoms with E-state index >= 15 is 0 Å². The summed E-state index contributed by atoms with van der Waals surface area (Å²) in [6, 6.07) is -0.0152. The molecule has 2 amide bonds. The molecule has 0 aliphatic carbocycles. The Labute approximate surface area is 186 Å². The molecule has 1 saturated heterocycles. The summed E-state index contributed by atoms with van der Waals surface area (Å²) in [6.07, 6.45) is 5.02. The number of amides is 2. The lowest BCUT2D eigenvalue weighted by molar-refractivity contribution is 0.150. The van der Waals surface area contributed by atoms with Crippen molar-refractivity contribution in [1.82, 2.24) is 24.6 Å². The van der Waals surface area contributed by atoms with E-state index in [9.17, 15) is 26.4 Å². The number of carbonyl (C=O) groups excluding carboxylic acids is 1. The van der Waals surface area contributed by atoms with Gasteiger partial charge in [-0.3, -0.25) is 8.99 Å². The molecule has 2 aliphatic heterocycles. The predicted octanol–water partition coefficient (Wildman–Crippen LogP) is 2.35. The van der Waals surface area contributed by atoms with E-state index in [0.29, 0.717) is 42.3 Å². The largest absolute Gasteiger partial charge is 0.347 e. The normalized spacial score (nSPS) is 19.5. The molecule has 0 radical (unpaired) electrons. The zero-order chi connectivity index (χ0) is 23.3. The number of nitrogens with zero attached hydrogens (tertiary/aromatic N) is 5. The van der Waals surface area contributed by atoms with Gasteiger partial charge >= 0.3 is 6.03 Å². The van der Waals surface area contributed by atoms with Crippen LogP contribution in [0.5, 0.6) is 0 Å². The second-order valence-corrected chi connectivity index (χ2v) is 9.72. The summed E-state index contributed by atoms with van der Waals surface area (Å²) in [5.74, 6) is -4.05. The van der Waals surface area contributed by atoms with Crippen LogP contribution in [0.4, 0.5) is 29.3 Å². The molecule has 2 aliphatic rings. The molecule has 4 heterocycles. The number of rotatable bonds is 3. The average Bonchev–Trinajstić information content (AvgIpc) is 3.50. The molecule has 1 fully saturated rings. The Morgan fingerprint density at radius 1 is 1.21 bits per heavy atom. The molecule has 0 spiro atoms. The Hall–Kier alpha value is -3.55. The molecule has 3 aromatic rings. The van der Waals surface area contributed by atoms with E-state index in [1.807, 2.05) is 0 Å². The first-order chi connectivity index (χ1) is 15.7. The van der Waals surface area contributed by atoms with Gasteiger partial charge in [-0.05, 0) is 6.42 Å². The molecule has 5 rings (SSSR count). The lowest BCUT2D eigenvalue weighted by Gasteiger charge is -2.35. The maximum Gasteiger partial charge on any atom is 0.322 e. The number of hydrogen-bond acceptors (Lipinski definition) is 5. The summed E-state index contributed by atoms with van der Waals surface area (Å²) < 4.78 is 68.3. The van der Waals surface area contributed by atoms with Gasteiger partial charge < -0.3 is 15.2 Å². The molecule has 0 saturated carbocycles. The van der Waals surface area contributed by atoms with Crippen LogP contribution in [0.3, 0.4) is 0 Å². The van der Waals surface area contributed by atoms with Crippen molar-refractivity contribution in [2.75, 3.05) is 21.9 Å². The standard InChI is InChI=1S/C19H18F3N7O3S/c20-12-6-11(7-13(21)17(12)22)26-19(30)27-9-15-14(29-4-1-5-33(29,31)32)8-25-28(15)10-16(27)18-23-2-3-24-18/h2-3,6-8,16H,1,4-5,9-10H2,(H,23,24)(H,26,30)/t16-/m1/s1. The Bertz CT molecular complexity index is 1300. The van der Waals surface area contributed by atoms with E-state index < -0.39 is 39.5 Å². The quantitative estimate of drug-likeness (QED) is 0.557. The van der Waals surface area contributed by atoms with Gasteiger partial charge in [0.15, 0.2) is 17.5 Å². The third kappa shape index (κ3) is 3.69. The number of sulfonamides is 1. The Morgan fingerprint density at radius 2 is 1.97 bits per heavy atom. The molecule has 10 nitrogen and oxygen atoms in total. The maximum atomic E-state index is 13.6. The predicted molar refractivity (Wildman–Crippen MR) is 110 cm³/mol. The second kappa shape index (κ2) is 7.79. The zero-order valence-corrected chi connectivity index (χ0v) is 17.8. The van der Waals surface area contributed by atoms with Crippen LogP contribution < -0.4 is 9.62 Å². The van der Waals surface area contributed by atoms with Gasteiger partial charge in [-0.2, -0.15) is 5.10 Å². The van der Waals surface area contributed by atoms with Crippen molar-refractivity contribution >= 4 is 27.4 Å². The first kappa shape index (κ1) is 21.3. The van der Waals surface area contributed by atoms with E-state index in [1.54, 1.807) is 10.9 Å². The molecule has 1 atom stereocenters. The highest BCUT2D eigenvalue weighted by Crippen LogP contribution is 2.35. The van der Waals surface area contributed by atoms with E-state index in [-0.39, 0.29) is 24.5 Å². The van der Waals surface area contributed by atoms with Gasteiger partial charge in [0.2, 0.25) is 10.0 Å². The van der Waals surface area contributed by atoms with Crippen LogP contribution in [0.1, 0.15) is 24.0 Å². The third-order valence-corrected chi connectivity index (χ3v) is 7.52. The first-order valence-electron chi connectivity index (χ1n) is 10.0. The number of fused-ring (bicyclic) bond motifs is 1. The molecule has 1 aromatic carbocycles. The molecule has 0 unspecified atom stereocenters. The van der Waals surface area contributed by atoms with Gasteiger partial charge in [-0.1, -0.05) is 0 Å². The number of aromatic nitrogens is 4. The van der Waals surface area contributed by atoms with Crippen LogP contribution in [0.2, 0.25) is 0 Å². The summed E-state index contributed by atoms with van der Waals surface area (Å²) in [7, 11) is -3.48. The molecule has 2 aromatic heterocycles. The second-order valence-electron chi connectivity index (χ2n) is 7.70. The van der Waals surface area contributed by atoms with Gasteiger partial charge in [0, 0.05) is 36.8 Å². The van der Waals surface area contributed by atoms with Crippen molar-refractivity contribution in [3.8, 4) is 0 Å². The molecule has 2 N–H and O–H groups in total. The minimum atomic E-state index is -3.48. The number of halogens is 3. The van der Waals surface area contributed by atoms with E-state index in [1.165, 1.54) is 21.6 Å². The highest BCUT2D eigenvalue weighted by molar-refractivity contribution is 7.93. The minimum Gasteiger partial charge on any atom is -0.347 e. The molecule has 33 heavy (non-hydrogen) atoms. The van der Waals surface area contributed by atoms with Gasteiger partial charge in [-0.25, -0.2) is 31.4 Å². The van der Waals surface area contributed by atoms with Crippen LogP contribution in [0.15, 0.2) is 30.7 Å². The lowest BCUT2D eigenvalue weighted by atomic mass is 10.1. The molecule has 174 valence electrons. The lowest BCUT2D eigenvalue weighted by Crippen LogP contribution is -2.44. The number of urea groups is 1. The molecule has 0 bridgehead atoms. The zero-order valence-electron chi connectivity index (χ0n) is 17.0. The summed E-state index contributed by atoms with van der Waals surface area (Å²) in [4.78, 5) is 21.6. The first-order valence-corrected chi connectivity index (χ1v) is 11.6. The fraction of sp³-hybridized carbons (Fsp3) is 0.316. The number of benzene rings is 1. The van der Waals surface area contributed by atoms with Crippen molar-refractivity contribution in [2.24, 2.45) is 0 Å². The van der Waals surface area contributed by atoms with Gasteiger partial charge in [0.1, 0.15) is 11.9 Å². The highest BCUT2D eigenvalue weighted by Gasteiger charge is 2.38. The SMILES string of the molecule is O=C(Nc1cc(F)c(F)c(F)c1)N1Cc2c(N3CCCS3(=O)=O)cnn2C[C@@H]1c1ncc[nH]1. The smallest absolute Gasteiger partial charge is 0.322 e. The van der Waals surface area contributed by atoms with Crippen LogP contribution in [0, 0.1) is 17.5 Å². The highest BCUT2D eigenvalue weighted by atomic mass is 32.2. The summed E-state index contributed by atoms with van der Waals surface area (Å²) in [5.41, 5.74) is 0.605. The van der Waals surface area contributed by atoms with Crippen molar-refractivity contribution < 1.29 is 26.4 Å². The Kier molecular flexibility index (Phi) is 5.03. The van der Waals surface area contributed by atoms with Crippen molar-refractivity contribution in [3.05, 3.63) is 59.7 Å². The number of anilines is 2. The minimum absolute atomic E-state index is 0.0263. The van der Waals surface area contributed by atoms with Gasteiger partial charge in [0.25, 0.3) is 0 Å². The van der Waals surface area contributed by atoms with Crippen molar-refractivity contribution in [2.45, 2.75) is 25.6 Å². The fourth-order valence-corrected chi connectivity index (χ4v) is 5.68. The number of imidazole rings is 1. The van der Waals surface area contributed by atoms with Gasteiger partial charge in [0.05, 0.1) is 36.4 Å². The third-order valence-electron chi connectivity index (χ3n) is 5.67. The van der Waals surface area contributed by atoms with Crippen molar-refractivity contribution in [1.29, 1.82) is 0 Å². The van der Waals surface area contributed by atoms with Crippen molar-refractivity contribution in [3.63, 3.8) is 0 Å². The Morgan fingerprint density at radius 3 is 2.61 bits per heavy atom. The van der Waals surface area contributed by atoms with E-state index in [4.69, 9.17) is 0 Å². The fourth-order valence-electron chi connectivity index (χ4n) is 4.10. The van der Waals surface area contributed by atoms with E-state index in [2.05, 4.69) is 20.4 Å². The summed E-state index contributed by atoms with van der Waals surface area (Å²) in [5, 5.41) is 6.69. The number of nitrogens with one attached hydrogen (secondary N) is 2. The molecular weight excluding hydrogens is 463 g/mol. The topological polar surface area (TPSA) is 116 Å². The Balaban J connectivity index is 1.49.